The molecule has 0 saturated heterocycles. The maximum Gasteiger partial charge on any atom is 0.325 e. The van der Waals surface area contributed by atoms with Gasteiger partial charge in [-0.25, -0.2) is 4.39 Å². The number of fused-ring (bicyclic) bond motifs is 4. The summed E-state index contributed by atoms with van der Waals surface area (Å²) in [4.78, 5) is 27.5. The number of benzene rings is 3. The van der Waals surface area contributed by atoms with Crippen LogP contribution in [0.15, 0.2) is 60.7 Å². The molecular weight excluding hydrogens is 455 g/mol. The summed E-state index contributed by atoms with van der Waals surface area (Å²) in [6, 6.07) is 19.2. The van der Waals surface area contributed by atoms with Crippen LogP contribution < -0.4 is 0 Å². The van der Waals surface area contributed by atoms with Crippen molar-refractivity contribution in [2.45, 2.75) is 58.7 Å². The van der Waals surface area contributed by atoms with Crippen molar-refractivity contribution in [3.05, 3.63) is 83.3 Å². The second kappa shape index (κ2) is 10.1. The summed E-state index contributed by atoms with van der Waals surface area (Å²) >= 11 is 0. The van der Waals surface area contributed by atoms with E-state index >= 15 is 0 Å². The van der Waals surface area contributed by atoms with Crippen LogP contribution in [0, 0.1) is 5.82 Å². The Balaban J connectivity index is 1.52. The molecule has 36 heavy (non-hydrogen) atoms. The normalized spacial score (nSPS) is 15.1. The third-order valence-electron chi connectivity index (χ3n) is 7.28. The second-order valence-corrected chi connectivity index (χ2v) is 9.39. The van der Waals surface area contributed by atoms with Crippen molar-refractivity contribution in [2.75, 3.05) is 6.61 Å². The molecule has 0 spiro atoms. The van der Waals surface area contributed by atoms with Gasteiger partial charge in [-0.1, -0.05) is 49.4 Å². The molecule has 0 saturated carbocycles. The van der Waals surface area contributed by atoms with Crippen LogP contribution in [0.2, 0.25) is 0 Å². The Kier molecular flexibility index (Phi) is 6.77. The molecule has 1 amide bonds. The monoisotopic (exact) mass is 486 g/mol. The molecule has 5 rings (SSSR count). The Morgan fingerprint density at radius 3 is 2.67 bits per heavy atom. The van der Waals surface area contributed by atoms with Gasteiger partial charge in [-0.15, -0.1) is 0 Å². The van der Waals surface area contributed by atoms with E-state index in [0.29, 0.717) is 32.4 Å². The average molecular weight is 487 g/mol. The third-order valence-corrected chi connectivity index (χ3v) is 7.28. The molecule has 1 aromatic heterocycles. The van der Waals surface area contributed by atoms with E-state index in [4.69, 9.17) is 4.74 Å². The topological polar surface area (TPSA) is 51.5 Å². The van der Waals surface area contributed by atoms with Gasteiger partial charge in [0.05, 0.1) is 6.61 Å². The van der Waals surface area contributed by atoms with Crippen LogP contribution in [-0.4, -0.2) is 34.0 Å². The summed E-state index contributed by atoms with van der Waals surface area (Å²) < 4.78 is 21.5. The lowest BCUT2D eigenvalue weighted by atomic mass is 9.89. The maximum atomic E-state index is 14.3. The summed E-state index contributed by atoms with van der Waals surface area (Å²) in [6.45, 7) is 4.64. The number of aromatic nitrogens is 1. The summed E-state index contributed by atoms with van der Waals surface area (Å²) in [6.07, 6.45) is 2.54. The number of esters is 1. The van der Waals surface area contributed by atoms with Crippen LogP contribution in [0.3, 0.4) is 0 Å². The van der Waals surface area contributed by atoms with Crippen LogP contribution in [0.25, 0.3) is 21.7 Å². The molecule has 6 heteroatoms. The second-order valence-electron chi connectivity index (χ2n) is 9.39. The van der Waals surface area contributed by atoms with Crippen LogP contribution in [0.1, 0.15) is 43.5 Å². The van der Waals surface area contributed by atoms with E-state index in [2.05, 4.69) is 24.3 Å². The predicted octanol–water partition coefficient (Wildman–Crippen LogP) is 5.79. The number of hydrogen-bond acceptors (Lipinski definition) is 3. The van der Waals surface area contributed by atoms with Crippen molar-refractivity contribution in [3.8, 4) is 0 Å². The molecule has 0 fully saturated rings. The fourth-order valence-electron chi connectivity index (χ4n) is 5.62. The number of halogens is 1. The fourth-order valence-corrected chi connectivity index (χ4v) is 5.62. The molecule has 5 nitrogen and oxygen atoms in total. The van der Waals surface area contributed by atoms with Gasteiger partial charge < -0.3 is 14.2 Å². The number of carbonyl (C=O) groups excluding carboxylic acids is 2. The van der Waals surface area contributed by atoms with Gasteiger partial charge in [-0.05, 0) is 66.3 Å². The Morgan fingerprint density at radius 1 is 1.06 bits per heavy atom. The smallest absolute Gasteiger partial charge is 0.325 e. The number of amides is 1. The van der Waals surface area contributed by atoms with Gasteiger partial charge in [0, 0.05) is 35.6 Å². The first-order valence-electron chi connectivity index (χ1n) is 12.7. The number of ether oxygens (including phenoxy) is 1. The molecule has 0 bridgehead atoms. The highest BCUT2D eigenvalue weighted by molar-refractivity contribution is 5.88. The highest BCUT2D eigenvalue weighted by Crippen LogP contribution is 2.35. The van der Waals surface area contributed by atoms with Crippen LogP contribution in [0.5, 0.6) is 0 Å². The molecule has 1 atom stereocenters. The summed E-state index contributed by atoms with van der Waals surface area (Å²) in [7, 11) is 0. The average Bonchev–Trinajstić information content (AvgIpc) is 3.18. The van der Waals surface area contributed by atoms with Gasteiger partial charge in [0.15, 0.2) is 0 Å². The molecule has 1 aliphatic rings. The van der Waals surface area contributed by atoms with E-state index in [9.17, 15) is 14.0 Å². The molecule has 0 radical (unpaired) electrons. The largest absolute Gasteiger partial charge is 0.465 e. The van der Waals surface area contributed by atoms with Crippen molar-refractivity contribution >= 4 is 33.6 Å². The first-order chi connectivity index (χ1) is 17.5. The van der Waals surface area contributed by atoms with Gasteiger partial charge >= 0.3 is 5.97 Å². The zero-order chi connectivity index (χ0) is 25.2. The Morgan fingerprint density at radius 2 is 1.86 bits per heavy atom. The van der Waals surface area contributed by atoms with Gasteiger partial charge in [-0.2, -0.15) is 0 Å². The standard InChI is InChI=1S/C30H31FN2O3/c1-3-29(34)32(18-21-10-7-9-20-8-5-6-11-24(20)21)23-13-15-28-26(17-23)25-16-22(31)12-14-27(25)33(28)19-30(35)36-4-2/h5-12,14,16,23H,3-4,13,15,17-19H2,1-2H3/t23-/m0/s1. The highest BCUT2D eigenvalue weighted by atomic mass is 19.1. The Labute approximate surface area is 210 Å². The predicted molar refractivity (Wildman–Crippen MR) is 139 cm³/mol. The maximum absolute atomic E-state index is 14.3. The molecule has 0 unspecified atom stereocenters. The van der Waals surface area contributed by atoms with Crippen molar-refractivity contribution < 1.29 is 18.7 Å². The minimum atomic E-state index is -0.307. The quantitative estimate of drug-likeness (QED) is 0.311. The third kappa shape index (κ3) is 4.48. The van der Waals surface area contributed by atoms with Gasteiger partial charge in [0.1, 0.15) is 12.4 Å². The van der Waals surface area contributed by atoms with E-state index in [-0.39, 0.29) is 30.3 Å². The minimum Gasteiger partial charge on any atom is -0.465 e. The van der Waals surface area contributed by atoms with Gasteiger partial charge in [0.25, 0.3) is 0 Å². The van der Waals surface area contributed by atoms with Crippen molar-refractivity contribution in [1.82, 2.24) is 9.47 Å². The van der Waals surface area contributed by atoms with Crippen molar-refractivity contribution in [2.24, 2.45) is 0 Å². The first kappa shape index (κ1) is 24.0. The molecule has 186 valence electrons. The lowest BCUT2D eigenvalue weighted by Gasteiger charge is -2.35. The van der Waals surface area contributed by atoms with Gasteiger partial charge in [-0.3, -0.25) is 9.59 Å². The molecule has 0 N–H and O–H groups in total. The Hall–Kier alpha value is -3.67. The minimum absolute atomic E-state index is 0.00571. The zero-order valence-electron chi connectivity index (χ0n) is 20.8. The molecule has 4 aromatic rings. The molecule has 1 heterocycles. The molecule has 0 aliphatic heterocycles. The summed E-state index contributed by atoms with van der Waals surface area (Å²) in [5.74, 6) is -0.502. The van der Waals surface area contributed by atoms with E-state index in [1.165, 1.54) is 6.07 Å². The SMILES string of the molecule is CCOC(=O)Cn1c2c(c3cc(F)ccc31)C[C@@H](N(Cc1cccc3ccccc13)C(=O)CC)CC2. The van der Waals surface area contributed by atoms with E-state index in [0.717, 1.165) is 44.9 Å². The lowest BCUT2D eigenvalue weighted by molar-refractivity contribution is -0.143. The summed E-state index contributed by atoms with van der Waals surface area (Å²) in [5.41, 5.74) is 4.01. The van der Waals surface area contributed by atoms with Gasteiger partial charge in [0.2, 0.25) is 5.91 Å². The van der Waals surface area contributed by atoms with Crippen LogP contribution in [0.4, 0.5) is 4.39 Å². The number of nitrogens with zero attached hydrogens (tertiary/aromatic N) is 2. The van der Waals surface area contributed by atoms with Crippen molar-refractivity contribution in [3.63, 3.8) is 0 Å². The van der Waals surface area contributed by atoms with Crippen LogP contribution in [-0.2, 0) is 40.3 Å². The molecule has 1 aliphatic carbocycles. The summed E-state index contributed by atoms with van der Waals surface area (Å²) in [5, 5.41) is 3.12. The van der Waals surface area contributed by atoms with Crippen molar-refractivity contribution in [1.29, 1.82) is 0 Å². The first-order valence-corrected chi connectivity index (χ1v) is 12.7. The van der Waals surface area contributed by atoms with Crippen LogP contribution >= 0.6 is 0 Å². The fraction of sp³-hybridized carbons (Fsp3) is 0.333. The Bertz CT molecular complexity index is 1440. The number of carbonyl (C=O) groups is 2. The van der Waals surface area contributed by atoms with E-state index < -0.39 is 0 Å². The number of rotatable bonds is 7. The lowest BCUT2D eigenvalue weighted by Crippen LogP contribution is -2.42. The molecule has 3 aromatic carbocycles. The van der Waals surface area contributed by atoms with E-state index in [1.807, 2.05) is 34.6 Å². The molecular formula is C30H31FN2O3. The highest BCUT2D eigenvalue weighted by Gasteiger charge is 2.31. The number of hydrogen-bond donors (Lipinski definition) is 0. The zero-order valence-corrected chi connectivity index (χ0v) is 20.8. The van der Waals surface area contributed by atoms with E-state index in [1.54, 1.807) is 19.1 Å².